The van der Waals surface area contributed by atoms with E-state index in [9.17, 15) is 0 Å². The molecular formula is C15H24O2Si. The molecule has 0 spiro atoms. The Hall–Kier alpha value is -0.803. The molecule has 0 unspecified atom stereocenters. The highest BCUT2D eigenvalue weighted by Crippen LogP contribution is 2.26. The van der Waals surface area contributed by atoms with Crippen molar-refractivity contribution in [2.45, 2.75) is 44.8 Å². The number of hydrogen-bond acceptors (Lipinski definition) is 2. The maximum Gasteiger partial charge on any atom is 0.162 e. The number of hydrogen-bond donors (Lipinski definition) is 0. The van der Waals surface area contributed by atoms with Crippen molar-refractivity contribution in [1.29, 1.82) is 0 Å². The molecule has 1 fully saturated rings. The summed E-state index contributed by atoms with van der Waals surface area (Å²) in [5.74, 6) is 1.91. The Bertz CT molecular complexity index is 348. The minimum Gasteiger partial charge on any atom is -0.496 e. The molecule has 2 nitrogen and oxygen atoms in total. The summed E-state index contributed by atoms with van der Waals surface area (Å²) >= 11 is 0. The quantitative estimate of drug-likeness (QED) is 0.580. The summed E-state index contributed by atoms with van der Waals surface area (Å²) in [6, 6.07) is 9.50. The molecule has 0 saturated heterocycles. The highest BCUT2D eigenvalue weighted by molar-refractivity contribution is 6.27. The Labute approximate surface area is 113 Å². The molecule has 18 heavy (non-hydrogen) atoms. The van der Waals surface area contributed by atoms with E-state index in [-0.39, 0.29) is 9.76 Å². The normalized spacial score (nSPS) is 17.4. The molecule has 0 bridgehead atoms. The van der Waals surface area contributed by atoms with Crippen LogP contribution < -0.4 is 4.74 Å². The van der Waals surface area contributed by atoms with Gasteiger partial charge in [0.1, 0.15) is 5.75 Å². The van der Waals surface area contributed by atoms with Gasteiger partial charge in [-0.15, -0.1) is 0 Å². The van der Waals surface area contributed by atoms with Gasteiger partial charge in [0.2, 0.25) is 0 Å². The zero-order valence-corrected chi connectivity index (χ0v) is 12.8. The molecule has 1 aromatic carbocycles. The van der Waals surface area contributed by atoms with Gasteiger partial charge in [-0.05, 0) is 18.0 Å². The van der Waals surface area contributed by atoms with E-state index in [1.54, 1.807) is 7.11 Å². The van der Waals surface area contributed by atoms with Gasteiger partial charge in [0.05, 0.1) is 13.7 Å². The molecule has 0 heterocycles. The maximum atomic E-state index is 5.92. The monoisotopic (exact) mass is 264 g/mol. The van der Waals surface area contributed by atoms with Crippen LogP contribution in [0.2, 0.25) is 6.04 Å². The second-order valence-electron chi connectivity index (χ2n) is 5.16. The van der Waals surface area contributed by atoms with Gasteiger partial charge >= 0.3 is 0 Å². The predicted molar refractivity (Wildman–Crippen MR) is 77.7 cm³/mol. The summed E-state index contributed by atoms with van der Waals surface area (Å²) in [6.07, 6.45) is 7.19. The number of para-hydroxylation sites is 1. The summed E-state index contributed by atoms with van der Waals surface area (Å²) in [5, 5.41) is 0. The highest BCUT2D eigenvalue weighted by atomic mass is 28.2. The first-order valence-corrected chi connectivity index (χ1v) is 8.67. The van der Waals surface area contributed by atoms with Crippen LogP contribution in [0.4, 0.5) is 0 Å². The zero-order valence-electron chi connectivity index (χ0n) is 11.4. The average Bonchev–Trinajstić information content (AvgIpc) is 2.45. The largest absolute Gasteiger partial charge is 0.496 e. The van der Waals surface area contributed by atoms with Gasteiger partial charge in [-0.2, -0.15) is 0 Å². The second-order valence-corrected chi connectivity index (χ2v) is 6.55. The van der Waals surface area contributed by atoms with Gasteiger partial charge in [0.15, 0.2) is 9.76 Å². The van der Waals surface area contributed by atoms with Crippen LogP contribution >= 0.6 is 0 Å². The van der Waals surface area contributed by atoms with Crippen molar-refractivity contribution in [2.24, 2.45) is 5.92 Å². The van der Waals surface area contributed by atoms with E-state index in [0.717, 1.165) is 18.3 Å². The first kappa shape index (κ1) is 13.6. The zero-order chi connectivity index (χ0) is 12.6. The fourth-order valence-corrected chi connectivity index (χ4v) is 4.17. The average molecular weight is 264 g/mol. The van der Waals surface area contributed by atoms with Crippen LogP contribution in [0.1, 0.15) is 37.7 Å². The van der Waals surface area contributed by atoms with Crippen LogP contribution in [0.15, 0.2) is 24.3 Å². The molecule has 1 aliphatic carbocycles. The molecule has 100 valence electrons. The van der Waals surface area contributed by atoms with Crippen LogP contribution in [0.5, 0.6) is 5.75 Å². The Kier molecular flexibility index (Phi) is 5.75. The van der Waals surface area contributed by atoms with Gasteiger partial charge in [-0.3, -0.25) is 0 Å². The smallest absolute Gasteiger partial charge is 0.162 e. The fourth-order valence-electron chi connectivity index (χ4n) is 2.73. The Morgan fingerprint density at radius 2 is 1.94 bits per heavy atom. The molecular weight excluding hydrogens is 240 g/mol. The van der Waals surface area contributed by atoms with Crippen molar-refractivity contribution in [2.75, 3.05) is 7.11 Å². The molecule has 0 amide bonds. The predicted octanol–water partition coefficient (Wildman–Crippen LogP) is 3.29. The molecule has 3 heteroatoms. The van der Waals surface area contributed by atoms with Crippen LogP contribution in [-0.4, -0.2) is 16.9 Å². The number of methoxy groups -OCH3 is 1. The lowest BCUT2D eigenvalue weighted by Gasteiger charge is -2.21. The van der Waals surface area contributed by atoms with Gasteiger partial charge in [0.25, 0.3) is 0 Å². The van der Waals surface area contributed by atoms with Crippen LogP contribution in [0.25, 0.3) is 0 Å². The molecule has 0 aliphatic heterocycles. The van der Waals surface area contributed by atoms with Gasteiger partial charge < -0.3 is 9.16 Å². The lowest BCUT2D eigenvalue weighted by atomic mass is 9.91. The highest BCUT2D eigenvalue weighted by Gasteiger charge is 2.13. The van der Waals surface area contributed by atoms with Gasteiger partial charge in [-0.1, -0.05) is 50.3 Å². The van der Waals surface area contributed by atoms with E-state index in [4.69, 9.17) is 9.16 Å². The Morgan fingerprint density at radius 1 is 1.17 bits per heavy atom. The Morgan fingerprint density at radius 3 is 2.72 bits per heavy atom. The van der Waals surface area contributed by atoms with Crippen LogP contribution in [0.3, 0.4) is 0 Å². The summed E-state index contributed by atoms with van der Waals surface area (Å²) < 4.78 is 11.3. The number of rotatable bonds is 6. The van der Waals surface area contributed by atoms with E-state index in [0.29, 0.717) is 0 Å². The Balaban J connectivity index is 1.68. The summed E-state index contributed by atoms with van der Waals surface area (Å²) in [6.45, 7) is 0.725. The summed E-state index contributed by atoms with van der Waals surface area (Å²) in [5.41, 5.74) is 1.18. The lowest BCUT2D eigenvalue weighted by molar-refractivity contribution is 0.300. The topological polar surface area (TPSA) is 18.5 Å². The van der Waals surface area contributed by atoms with E-state index in [2.05, 4.69) is 6.07 Å². The van der Waals surface area contributed by atoms with E-state index in [1.807, 2.05) is 18.2 Å². The first-order valence-electron chi connectivity index (χ1n) is 7.10. The minimum atomic E-state index is -0.357. The van der Waals surface area contributed by atoms with Crippen molar-refractivity contribution in [3.63, 3.8) is 0 Å². The molecule has 0 radical (unpaired) electrons. The van der Waals surface area contributed by atoms with Crippen molar-refractivity contribution in [1.82, 2.24) is 0 Å². The second kappa shape index (κ2) is 7.59. The van der Waals surface area contributed by atoms with Crippen molar-refractivity contribution in [3.8, 4) is 5.75 Å². The van der Waals surface area contributed by atoms with E-state index < -0.39 is 0 Å². The summed E-state index contributed by atoms with van der Waals surface area (Å²) in [4.78, 5) is 0. The maximum absolute atomic E-state index is 5.92. The minimum absolute atomic E-state index is 0.357. The van der Waals surface area contributed by atoms with Crippen LogP contribution in [-0.2, 0) is 11.0 Å². The van der Waals surface area contributed by atoms with Crippen molar-refractivity contribution >= 4 is 9.76 Å². The van der Waals surface area contributed by atoms with Gasteiger partial charge in [-0.25, -0.2) is 0 Å². The van der Waals surface area contributed by atoms with Gasteiger partial charge in [0, 0.05) is 5.56 Å². The SMILES string of the molecule is COc1ccccc1CO[SiH2]CC1CCCCC1. The third-order valence-corrected chi connectivity index (χ3v) is 5.39. The third kappa shape index (κ3) is 4.14. The molecule has 1 saturated carbocycles. The molecule has 1 aliphatic rings. The van der Waals surface area contributed by atoms with Crippen LogP contribution in [0, 0.1) is 5.92 Å². The van der Waals surface area contributed by atoms with Crippen molar-refractivity contribution in [3.05, 3.63) is 29.8 Å². The molecule has 0 atom stereocenters. The number of ether oxygens (including phenoxy) is 1. The standard InChI is InChI=1S/C15H24O2Si/c1-16-15-10-6-5-9-14(15)11-17-18-12-13-7-3-2-4-8-13/h5-6,9-10,13H,2-4,7-8,11-12,18H2,1H3. The molecule has 2 rings (SSSR count). The van der Waals surface area contributed by atoms with E-state index in [1.165, 1.54) is 43.7 Å². The molecule has 0 aromatic heterocycles. The first-order chi connectivity index (χ1) is 8.90. The third-order valence-electron chi connectivity index (χ3n) is 3.85. The summed E-state index contributed by atoms with van der Waals surface area (Å²) in [7, 11) is 1.36. The number of benzene rings is 1. The lowest BCUT2D eigenvalue weighted by Crippen LogP contribution is -2.11. The molecule has 0 N–H and O–H groups in total. The fraction of sp³-hybridized carbons (Fsp3) is 0.600. The van der Waals surface area contributed by atoms with E-state index >= 15 is 0 Å². The molecule has 1 aromatic rings. The van der Waals surface area contributed by atoms with Crippen molar-refractivity contribution < 1.29 is 9.16 Å².